The quantitative estimate of drug-likeness (QED) is 0.733. The number of aromatic nitrogens is 2. The van der Waals surface area contributed by atoms with E-state index in [1.807, 2.05) is 0 Å². The molecule has 160 valence electrons. The molecule has 1 spiro atoms. The zero-order valence-corrected chi connectivity index (χ0v) is 16.2. The molecular formula is C18H12ClF3N6O3. The summed E-state index contributed by atoms with van der Waals surface area (Å²) in [5.41, 5.74) is 1.42. The van der Waals surface area contributed by atoms with Crippen molar-refractivity contribution < 1.29 is 22.7 Å². The number of nitriles is 1. The Morgan fingerprint density at radius 3 is 2.65 bits per heavy atom. The molecule has 0 radical (unpaired) electrons. The number of benzene rings is 1. The summed E-state index contributed by atoms with van der Waals surface area (Å²) in [6, 6.07) is 5.39. The van der Waals surface area contributed by atoms with Gasteiger partial charge in [-0.1, -0.05) is 11.6 Å². The van der Waals surface area contributed by atoms with E-state index in [1.165, 1.54) is 12.1 Å². The van der Waals surface area contributed by atoms with Gasteiger partial charge >= 0.3 is 6.18 Å². The Balaban J connectivity index is 1.73. The highest BCUT2D eigenvalue weighted by Crippen LogP contribution is 2.41. The van der Waals surface area contributed by atoms with Gasteiger partial charge in [0.15, 0.2) is 5.69 Å². The third-order valence-corrected chi connectivity index (χ3v) is 4.84. The zero-order valence-electron chi connectivity index (χ0n) is 15.5. The summed E-state index contributed by atoms with van der Waals surface area (Å²) in [4.78, 5) is 32.2. The monoisotopic (exact) mass is 452 g/mol. The number of alkyl halides is 3. The SMILES string of the molecule is N#Cc1cc(Cl)cc(Oc2c(C(F)(F)F)ncn(CC3=NC4(CC4)C(=O)NN3)c2=O)c1. The van der Waals surface area contributed by atoms with Gasteiger partial charge in [0.2, 0.25) is 5.75 Å². The smallest absolute Gasteiger partial charge is 0.437 e. The molecule has 0 unspecified atom stereocenters. The molecule has 0 atom stereocenters. The number of aliphatic imine (C=N–C) groups is 1. The number of ether oxygens (including phenoxy) is 1. The van der Waals surface area contributed by atoms with Gasteiger partial charge in [0, 0.05) is 5.02 Å². The number of rotatable bonds is 4. The lowest BCUT2D eigenvalue weighted by Gasteiger charge is -2.22. The van der Waals surface area contributed by atoms with E-state index in [1.54, 1.807) is 6.07 Å². The fourth-order valence-corrected chi connectivity index (χ4v) is 3.18. The minimum Gasteiger partial charge on any atom is -0.449 e. The predicted molar refractivity (Wildman–Crippen MR) is 100 cm³/mol. The van der Waals surface area contributed by atoms with Gasteiger partial charge in [-0.25, -0.2) is 4.98 Å². The molecule has 1 aliphatic carbocycles. The first-order chi connectivity index (χ1) is 14.6. The van der Waals surface area contributed by atoms with E-state index < -0.39 is 28.7 Å². The van der Waals surface area contributed by atoms with Gasteiger partial charge < -0.3 is 4.74 Å². The van der Waals surface area contributed by atoms with Crippen molar-refractivity contribution in [1.29, 1.82) is 5.26 Å². The van der Waals surface area contributed by atoms with Crippen LogP contribution in [-0.2, 0) is 17.5 Å². The largest absolute Gasteiger partial charge is 0.449 e. The van der Waals surface area contributed by atoms with E-state index in [0.717, 1.165) is 17.0 Å². The van der Waals surface area contributed by atoms with Crippen LogP contribution in [0.4, 0.5) is 13.2 Å². The normalized spacial score (nSPS) is 16.7. The summed E-state index contributed by atoms with van der Waals surface area (Å²) in [7, 11) is 0. The highest BCUT2D eigenvalue weighted by Gasteiger charge is 2.52. The number of halogens is 4. The number of hydrogen-bond acceptors (Lipinski definition) is 7. The molecule has 0 saturated heterocycles. The number of amidine groups is 1. The molecule has 4 rings (SSSR count). The van der Waals surface area contributed by atoms with Crippen LogP contribution < -0.4 is 21.1 Å². The summed E-state index contributed by atoms with van der Waals surface area (Å²) >= 11 is 5.86. The van der Waals surface area contributed by atoms with Crippen molar-refractivity contribution in [3.05, 3.63) is 51.2 Å². The standard InChI is InChI=1S/C18H12ClF3N6O3/c19-10-3-9(6-23)4-11(5-10)31-13-14(18(20,21)22)24-8-28(15(13)29)7-12-25-17(1-2-17)16(30)27-26-12/h3-5,8H,1-2,7H2,(H,25,26)(H,27,30). The molecule has 2 heterocycles. The summed E-state index contributed by atoms with van der Waals surface area (Å²) in [5.74, 6) is -1.44. The van der Waals surface area contributed by atoms with E-state index >= 15 is 0 Å². The maximum Gasteiger partial charge on any atom is 0.437 e. The molecule has 1 aliphatic heterocycles. The molecule has 13 heteroatoms. The minimum atomic E-state index is -4.98. The minimum absolute atomic E-state index is 0.0338. The van der Waals surface area contributed by atoms with Gasteiger partial charge in [0.25, 0.3) is 11.5 Å². The van der Waals surface area contributed by atoms with Gasteiger partial charge in [0.1, 0.15) is 17.1 Å². The van der Waals surface area contributed by atoms with Crippen molar-refractivity contribution in [2.75, 3.05) is 0 Å². The highest BCUT2D eigenvalue weighted by molar-refractivity contribution is 6.30. The van der Waals surface area contributed by atoms with E-state index in [4.69, 9.17) is 21.6 Å². The lowest BCUT2D eigenvalue weighted by molar-refractivity contribution is -0.142. The van der Waals surface area contributed by atoms with E-state index in [-0.39, 0.29) is 34.6 Å². The molecule has 2 N–H and O–H groups in total. The molecule has 2 aliphatic rings. The van der Waals surface area contributed by atoms with Gasteiger partial charge in [-0.2, -0.15) is 18.4 Å². The maximum absolute atomic E-state index is 13.4. The van der Waals surface area contributed by atoms with Crippen LogP contribution in [-0.4, -0.2) is 26.8 Å². The van der Waals surface area contributed by atoms with Crippen LogP contribution in [0.3, 0.4) is 0 Å². The maximum atomic E-state index is 13.4. The van der Waals surface area contributed by atoms with Gasteiger partial charge in [-0.05, 0) is 31.0 Å². The summed E-state index contributed by atoms with van der Waals surface area (Å²) in [6.45, 7) is -0.276. The number of carbonyl (C=O) groups is 1. The molecule has 1 fully saturated rings. The topological polar surface area (TPSA) is 121 Å². The zero-order chi connectivity index (χ0) is 22.4. The number of hydrogen-bond donors (Lipinski definition) is 2. The second-order valence-electron chi connectivity index (χ2n) is 6.91. The van der Waals surface area contributed by atoms with E-state index in [2.05, 4.69) is 20.8 Å². The van der Waals surface area contributed by atoms with Gasteiger partial charge in [-0.3, -0.25) is 30.0 Å². The first-order valence-electron chi connectivity index (χ1n) is 8.82. The molecule has 31 heavy (non-hydrogen) atoms. The Hall–Kier alpha value is -3.59. The number of carbonyl (C=O) groups excluding carboxylic acids is 1. The molecule has 0 bridgehead atoms. The van der Waals surface area contributed by atoms with Crippen LogP contribution in [0.15, 0.2) is 34.3 Å². The van der Waals surface area contributed by atoms with Crippen LogP contribution in [0.5, 0.6) is 11.5 Å². The molecule has 9 nitrogen and oxygen atoms in total. The third-order valence-electron chi connectivity index (χ3n) is 4.62. The number of amides is 1. The van der Waals surface area contributed by atoms with Crippen molar-refractivity contribution in [3.8, 4) is 17.6 Å². The summed E-state index contributed by atoms with van der Waals surface area (Å²) in [5, 5.41) is 9.05. The molecule has 1 aromatic heterocycles. The average molecular weight is 453 g/mol. The number of hydrazine groups is 1. The second-order valence-corrected chi connectivity index (χ2v) is 7.35. The molecule has 1 amide bonds. The fourth-order valence-electron chi connectivity index (χ4n) is 2.96. The van der Waals surface area contributed by atoms with Crippen molar-refractivity contribution in [2.45, 2.75) is 31.1 Å². The van der Waals surface area contributed by atoms with Crippen LogP contribution in [0, 0.1) is 11.3 Å². The van der Waals surface area contributed by atoms with Crippen LogP contribution in [0.25, 0.3) is 0 Å². The lowest BCUT2D eigenvalue weighted by atomic mass is 10.2. The Morgan fingerprint density at radius 1 is 1.26 bits per heavy atom. The second kappa shape index (κ2) is 7.28. The Kier molecular flexibility index (Phi) is 4.85. The predicted octanol–water partition coefficient (Wildman–Crippen LogP) is 2.14. The average Bonchev–Trinajstić information content (AvgIpc) is 3.46. The molecule has 1 aromatic carbocycles. The van der Waals surface area contributed by atoms with Crippen molar-refractivity contribution in [3.63, 3.8) is 0 Å². The fraction of sp³-hybridized carbons (Fsp3) is 0.278. The highest BCUT2D eigenvalue weighted by atomic mass is 35.5. The first kappa shape index (κ1) is 20.7. The number of nitrogens with zero attached hydrogens (tertiary/aromatic N) is 4. The Bertz CT molecular complexity index is 1210. The molecule has 2 aromatic rings. The van der Waals surface area contributed by atoms with Crippen LogP contribution >= 0.6 is 11.6 Å². The summed E-state index contributed by atoms with van der Waals surface area (Å²) in [6.07, 6.45) is -3.18. The van der Waals surface area contributed by atoms with Crippen LogP contribution in [0.2, 0.25) is 5.02 Å². The molecular weight excluding hydrogens is 441 g/mol. The number of nitrogens with one attached hydrogen (secondary N) is 2. The Labute approximate surface area is 177 Å². The first-order valence-corrected chi connectivity index (χ1v) is 9.19. The third kappa shape index (κ3) is 4.04. The lowest BCUT2D eigenvalue weighted by Crippen LogP contribution is -2.53. The Morgan fingerprint density at radius 2 is 2.00 bits per heavy atom. The van der Waals surface area contributed by atoms with E-state index in [9.17, 15) is 22.8 Å². The van der Waals surface area contributed by atoms with Crippen molar-refractivity contribution in [2.24, 2.45) is 4.99 Å². The van der Waals surface area contributed by atoms with E-state index in [0.29, 0.717) is 12.8 Å². The van der Waals surface area contributed by atoms with Crippen molar-refractivity contribution >= 4 is 23.3 Å². The van der Waals surface area contributed by atoms with Crippen LogP contribution in [0.1, 0.15) is 24.1 Å². The van der Waals surface area contributed by atoms with Gasteiger partial charge in [0.05, 0.1) is 24.5 Å². The van der Waals surface area contributed by atoms with Gasteiger partial charge in [-0.15, -0.1) is 0 Å². The summed E-state index contributed by atoms with van der Waals surface area (Å²) < 4.78 is 46.4. The van der Waals surface area contributed by atoms with Crippen molar-refractivity contribution in [1.82, 2.24) is 20.4 Å². The molecule has 1 saturated carbocycles.